The maximum atomic E-state index is 13.2. The lowest BCUT2D eigenvalue weighted by atomic mass is 9.99. The molecule has 0 saturated heterocycles. The van der Waals surface area contributed by atoms with E-state index in [1.165, 1.54) is 22.8 Å². The van der Waals surface area contributed by atoms with Crippen molar-refractivity contribution in [1.29, 1.82) is 0 Å². The third-order valence-electron chi connectivity index (χ3n) is 3.20. The molecule has 0 saturated carbocycles. The fourth-order valence-electron chi connectivity index (χ4n) is 2.42. The topological polar surface area (TPSA) is 0 Å². The van der Waals surface area contributed by atoms with Gasteiger partial charge in [-0.3, -0.25) is 0 Å². The molecule has 15 heavy (non-hydrogen) atoms. The maximum absolute atomic E-state index is 13.2. The summed E-state index contributed by atoms with van der Waals surface area (Å²) >= 11 is 0. The highest BCUT2D eigenvalue weighted by molar-refractivity contribution is 5.78. The zero-order valence-electron chi connectivity index (χ0n) is 8.50. The standard InChI is InChI=1S/C14H11F/c1-9-11-4-2-3-5-12(11)13-7-6-10(15)8-14(9)13/h2-9H,1H3. The molecule has 0 aromatic heterocycles. The van der Waals surface area contributed by atoms with Crippen molar-refractivity contribution in [3.05, 3.63) is 59.4 Å². The maximum Gasteiger partial charge on any atom is 0.123 e. The van der Waals surface area contributed by atoms with Crippen LogP contribution in [-0.4, -0.2) is 0 Å². The Labute approximate surface area is 88.4 Å². The molecule has 0 amide bonds. The monoisotopic (exact) mass is 198 g/mol. The van der Waals surface area contributed by atoms with Gasteiger partial charge in [0.05, 0.1) is 0 Å². The Morgan fingerprint density at radius 2 is 1.67 bits per heavy atom. The fraction of sp³-hybridized carbons (Fsp3) is 0.143. The van der Waals surface area contributed by atoms with E-state index in [2.05, 4.69) is 19.1 Å². The highest BCUT2D eigenvalue weighted by atomic mass is 19.1. The van der Waals surface area contributed by atoms with Gasteiger partial charge in [-0.15, -0.1) is 0 Å². The van der Waals surface area contributed by atoms with Gasteiger partial charge in [0.15, 0.2) is 0 Å². The molecule has 0 N–H and O–H groups in total. The largest absolute Gasteiger partial charge is 0.207 e. The Kier molecular flexibility index (Phi) is 1.69. The van der Waals surface area contributed by atoms with E-state index in [9.17, 15) is 4.39 Å². The number of halogens is 1. The van der Waals surface area contributed by atoms with Crippen LogP contribution in [0.5, 0.6) is 0 Å². The van der Waals surface area contributed by atoms with Gasteiger partial charge in [0, 0.05) is 5.92 Å². The van der Waals surface area contributed by atoms with E-state index < -0.39 is 0 Å². The second kappa shape index (κ2) is 2.93. The highest BCUT2D eigenvalue weighted by Gasteiger charge is 2.24. The van der Waals surface area contributed by atoms with Crippen LogP contribution in [0.25, 0.3) is 11.1 Å². The summed E-state index contributed by atoms with van der Waals surface area (Å²) in [5.41, 5.74) is 4.84. The number of hydrogen-bond donors (Lipinski definition) is 0. The summed E-state index contributed by atoms with van der Waals surface area (Å²) in [5, 5.41) is 0. The van der Waals surface area contributed by atoms with Crippen LogP contribution in [0, 0.1) is 5.82 Å². The quantitative estimate of drug-likeness (QED) is 0.601. The molecule has 0 fully saturated rings. The predicted molar refractivity (Wildman–Crippen MR) is 59.4 cm³/mol. The molecular weight excluding hydrogens is 187 g/mol. The Bertz CT molecular complexity index is 529. The first-order valence-electron chi connectivity index (χ1n) is 5.16. The van der Waals surface area contributed by atoms with E-state index in [1.54, 1.807) is 6.07 Å². The molecule has 0 nitrogen and oxygen atoms in total. The average Bonchev–Trinajstić information content (AvgIpc) is 2.54. The van der Waals surface area contributed by atoms with Gasteiger partial charge in [-0.2, -0.15) is 0 Å². The SMILES string of the molecule is CC1c2ccccc2-c2ccc(F)cc21. The van der Waals surface area contributed by atoms with Crippen LogP contribution < -0.4 is 0 Å². The van der Waals surface area contributed by atoms with Crippen LogP contribution in [0.15, 0.2) is 42.5 Å². The minimum Gasteiger partial charge on any atom is -0.207 e. The molecular formula is C14H11F. The third kappa shape index (κ3) is 1.13. The van der Waals surface area contributed by atoms with Crippen molar-refractivity contribution in [3.63, 3.8) is 0 Å². The van der Waals surface area contributed by atoms with Gasteiger partial charge >= 0.3 is 0 Å². The van der Waals surface area contributed by atoms with Crippen molar-refractivity contribution >= 4 is 0 Å². The molecule has 0 bridgehead atoms. The van der Waals surface area contributed by atoms with Crippen LogP contribution in [0.4, 0.5) is 4.39 Å². The molecule has 1 heteroatoms. The predicted octanol–water partition coefficient (Wildman–Crippen LogP) is 3.96. The summed E-state index contributed by atoms with van der Waals surface area (Å²) in [4.78, 5) is 0. The summed E-state index contributed by atoms with van der Waals surface area (Å²) in [6, 6.07) is 13.4. The summed E-state index contributed by atoms with van der Waals surface area (Å²) in [6.45, 7) is 2.13. The van der Waals surface area contributed by atoms with Gasteiger partial charge in [-0.1, -0.05) is 37.3 Å². The van der Waals surface area contributed by atoms with Gasteiger partial charge in [-0.25, -0.2) is 4.39 Å². The van der Waals surface area contributed by atoms with E-state index in [0.717, 1.165) is 5.56 Å². The van der Waals surface area contributed by atoms with Gasteiger partial charge in [0.25, 0.3) is 0 Å². The van der Waals surface area contributed by atoms with Crippen molar-refractivity contribution in [3.8, 4) is 11.1 Å². The first kappa shape index (κ1) is 8.66. The van der Waals surface area contributed by atoms with Crippen LogP contribution in [0.3, 0.4) is 0 Å². The van der Waals surface area contributed by atoms with Crippen molar-refractivity contribution in [2.75, 3.05) is 0 Å². The van der Waals surface area contributed by atoms with E-state index in [1.807, 2.05) is 18.2 Å². The van der Waals surface area contributed by atoms with Gasteiger partial charge in [0.2, 0.25) is 0 Å². The van der Waals surface area contributed by atoms with Crippen LogP contribution in [-0.2, 0) is 0 Å². The van der Waals surface area contributed by atoms with Gasteiger partial charge in [0.1, 0.15) is 5.82 Å². The van der Waals surface area contributed by atoms with Crippen molar-refractivity contribution in [2.45, 2.75) is 12.8 Å². The normalized spacial score (nSPS) is 17.3. The second-order valence-corrected chi connectivity index (χ2v) is 4.04. The summed E-state index contributed by atoms with van der Waals surface area (Å²) < 4.78 is 13.2. The second-order valence-electron chi connectivity index (χ2n) is 4.04. The average molecular weight is 198 g/mol. The molecule has 74 valence electrons. The molecule has 2 aromatic carbocycles. The van der Waals surface area contributed by atoms with E-state index >= 15 is 0 Å². The van der Waals surface area contributed by atoms with Crippen LogP contribution in [0.1, 0.15) is 24.0 Å². The zero-order valence-corrected chi connectivity index (χ0v) is 8.50. The van der Waals surface area contributed by atoms with E-state index in [4.69, 9.17) is 0 Å². The molecule has 1 unspecified atom stereocenters. The molecule has 0 aliphatic heterocycles. The molecule has 1 atom stereocenters. The Balaban J connectivity index is 2.32. The fourth-order valence-corrected chi connectivity index (χ4v) is 2.42. The third-order valence-corrected chi connectivity index (χ3v) is 3.20. The Hall–Kier alpha value is -1.63. The molecule has 0 radical (unpaired) electrons. The molecule has 1 aliphatic rings. The lowest BCUT2D eigenvalue weighted by Crippen LogP contribution is -1.89. The summed E-state index contributed by atoms with van der Waals surface area (Å²) in [5.74, 6) is 0.167. The first-order chi connectivity index (χ1) is 7.27. The van der Waals surface area contributed by atoms with Crippen LogP contribution in [0.2, 0.25) is 0 Å². The highest BCUT2D eigenvalue weighted by Crippen LogP contribution is 2.44. The molecule has 0 spiro atoms. The van der Waals surface area contributed by atoms with Crippen molar-refractivity contribution < 1.29 is 4.39 Å². The first-order valence-corrected chi connectivity index (χ1v) is 5.16. The molecule has 0 heterocycles. The van der Waals surface area contributed by atoms with E-state index in [-0.39, 0.29) is 5.82 Å². The minimum atomic E-state index is -0.145. The smallest absolute Gasteiger partial charge is 0.123 e. The minimum absolute atomic E-state index is 0.145. The summed E-state index contributed by atoms with van der Waals surface area (Å²) in [6.07, 6.45) is 0. The van der Waals surface area contributed by atoms with Crippen molar-refractivity contribution in [1.82, 2.24) is 0 Å². The van der Waals surface area contributed by atoms with Gasteiger partial charge < -0.3 is 0 Å². The molecule has 1 aliphatic carbocycles. The lowest BCUT2D eigenvalue weighted by Gasteiger charge is -2.05. The number of benzene rings is 2. The van der Waals surface area contributed by atoms with Crippen LogP contribution >= 0.6 is 0 Å². The van der Waals surface area contributed by atoms with E-state index in [0.29, 0.717) is 5.92 Å². The number of fused-ring (bicyclic) bond motifs is 3. The van der Waals surface area contributed by atoms with Crippen molar-refractivity contribution in [2.24, 2.45) is 0 Å². The molecule has 3 rings (SSSR count). The Morgan fingerprint density at radius 3 is 2.53 bits per heavy atom. The lowest BCUT2D eigenvalue weighted by molar-refractivity contribution is 0.625. The summed E-state index contributed by atoms with van der Waals surface area (Å²) in [7, 11) is 0. The number of hydrogen-bond acceptors (Lipinski definition) is 0. The number of rotatable bonds is 0. The van der Waals surface area contributed by atoms with Gasteiger partial charge in [-0.05, 0) is 34.4 Å². The zero-order chi connectivity index (χ0) is 10.4. The molecule has 2 aromatic rings. The Morgan fingerprint density at radius 1 is 0.933 bits per heavy atom.